The van der Waals surface area contributed by atoms with Crippen molar-refractivity contribution in [1.29, 1.82) is 0 Å². The van der Waals surface area contributed by atoms with Crippen LogP contribution in [0.5, 0.6) is 0 Å². The molecule has 3 heteroatoms. The topological polar surface area (TPSA) is 17.1 Å². The Bertz CT molecular complexity index is 15.5. The summed E-state index contributed by atoms with van der Waals surface area (Å²) in [5, 5.41) is 0. The molecular formula is CBKO. The van der Waals surface area contributed by atoms with Crippen LogP contribution in [0.3, 0.4) is 0 Å². The number of rotatable bonds is 0. The fraction of sp³-hybridized carbons (Fsp3) is 0. The summed E-state index contributed by atoms with van der Waals surface area (Å²) < 4.78 is 0. The van der Waals surface area contributed by atoms with Crippen molar-refractivity contribution in [1.82, 2.24) is 0 Å². The van der Waals surface area contributed by atoms with Gasteiger partial charge in [-0.3, -0.25) is 0 Å². The van der Waals surface area contributed by atoms with Gasteiger partial charge in [-0.25, -0.2) is 0 Å². The van der Waals surface area contributed by atoms with Gasteiger partial charge < -0.3 is 11.0 Å². The summed E-state index contributed by atoms with van der Waals surface area (Å²) >= 11 is 0. The van der Waals surface area contributed by atoms with Crippen LogP contribution in [-0.4, -0.2) is 14.0 Å². The standard InChI is InChI=1S/CBO.K/c2-1-3;/q-1;+1. The van der Waals surface area contributed by atoms with E-state index in [9.17, 15) is 0 Å². The van der Waals surface area contributed by atoms with Crippen LogP contribution in [0, 0.1) is 0 Å². The minimum atomic E-state index is 0. The number of carbonyl (C=O) groups excluding carboxylic acids is 1. The SMILES string of the molecule is [B][C-]=O.[K+]. The number of hydrogen-bond donors (Lipinski definition) is 0. The molecule has 0 aromatic heterocycles. The van der Waals surface area contributed by atoms with Gasteiger partial charge in [0.1, 0.15) is 0 Å². The first-order valence-corrected chi connectivity index (χ1v) is 0.493. The second-order valence-corrected chi connectivity index (χ2v) is 0.118. The molecule has 2 radical (unpaired) electrons. The molecule has 0 N–H and O–H groups in total. The zero-order chi connectivity index (χ0) is 2.71. The molecule has 0 amide bonds. The van der Waals surface area contributed by atoms with Crippen molar-refractivity contribution in [3.63, 3.8) is 0 Å². The van der Waals surface area contributed by atoms with Gasteiger partial charge in [0.2, 0.25) is 0 Å². The maximum Gasteiger partial charge on any atom is 1.00 e. The third kappa shape index (κ3) is 10.1. The van der Waals surface area contributed by atoms with E-state index in [1.54, 1.807) is 0 Å². The van der Waals surface area contributed by atoms with Crippen LogP contribution >= 0.6 is 0 Å². The van der Waals surface area contributed by atoms with Gasteiger partial charge in [0, 0.05) is 0 Å². The summed E-state index contributed by atoms with van der Waals surface area (Å²) in [5.74, 6) is 0. The van der Waals surface area contributed by atoms with Gasteiger partial charge in [-0.15, -0.1) is 7.85 Å². The Morgan fingerprint density at radius 1 is 1.75 bits per heavy atom. The molecule has 0 atom stereocenters. The number of hydrogen-bond acceptors (Lipinski definition) is 1. The Labute approximate surface area is 69.0 Å². The second-order valence-electron chi connectivity index (χ2n) is 0.118. The van der Waals surface area contributed by atoms with E-state index in [-0.39, 0.29) is 51.4 Å². The molecule has 0 spiro atoms. The van der Waals surface area contributed by atoms with Crippen molar-refractivity contribution in [2.75, 3.05) is 0 Å². The molecule has 0 aromatic rings. The van der Waals surface area contributed by atoms with Gasteiger partial charge >= 0.3 is 51.4 Å². The smallest absolute Gasteiger partial charge is 0.549 e. The van der Waals surface area contributed by atoms with Gasteiger partial charge in [0.15, 0.2) is 0 Å². The van der Waals surface area contributed by atoms with Crippen molar-refractivity contribution in [3.05, 3.63) is 0 Å². The Hall–Kier alpha value is 1.37. The van der Waals surface area contributed by atoms with Crippen LogP contribution in [0.15, 0.2) is 0 Å². The zero-order valence-electron chi connectivity index (χ0n) is 2.49. The van der Waals surface area contributed by atoms with Gasteiger partial charge in [0.25, 0.3) is 0 Å². The van der Waals surface area contributed by atoms with Crippen molar-refractivity contribution in [2.45, 2.75) is 0 Å². The molecule has 14 valence electrons. The van der Waals surface area contributed by atoms with Crippen LogP contribution in [0.1, 0.15) is 0 Å². The average Bonchev–Trinajstić information content (AvgIpc) is 0.918. The summed E-state index contributed by atoms with van der Waals surface area (Å²) in [5.41, 5.74) is 0. The molecule has 0 aliphatic heterocycles. The predicted octanol–water partition coefficient (Wildman–Crippen LogP) is -3.77. The summed E-state index contributed by atoms with van der Waals surface area (Å²) in [6.45, 7) is 0. The predicted molar refractivity (Wildman–Crippen MR) is 11.4 cm³/mol. The first-order valence-electron chi connectivity index (χ1n) is 0.493. The first kappa shape index (κ1) is 9.03. The molecule has 0 aliphatic carbocycles. The van der Waals surface area contributed by atoms with Crippen molar-refractivity contribution >= 4 is 14.0 Å². The van der Waals surface area contributed by atoms with E-state index in [0.717, 1.165) is 6.19 Å². The molecule has 0 rings (SSSR count). The molecule has 0 aliphatic rings. The quantitative estimate of drug-likeness (QED) is 0.215. The molecule has 0 unspecified atom stereocenters. The van der Waals surface area contributed by atoms with Gasteiger partial charge in [-0.05, 0) is 0 Å². The van der Waals surface area contributed by atoms with E-state index in [1.165, 1.54) is 0 Å². The van der Waals surface area contributed by atoms with Gasteiger partial charge in [-0.1, -0.05) is 0 Å². The maximum absolute atomic E-state index is 8.46. The maximum atomic E-state index is 8.46. The van der Waals surface area contributed by atoms with E-state index in [0.29, 0.717) is 0 Å². The van der Waals surface area contributed by atoms with Crippen LogP contribution < -0.4 is 51.4 Å². The molecular weight excluding hydrogens is 77.9 g/mol. The van der Waals surface area contributed by atoms with E-state index < -0.39 is 0 Å². The molecule has 0 fully saturated rings. The van der Waals surface area contributed by atoms with Crippen molar-refractivity contribution in [3.8, 4) is 0 Å². The van der Waals surface area contributed by atoms with Crippen molar-refractivity contribution in [2.24, 2.45) is 0 Å². The minimum absolute atomic E-state index is 0. The van der Waals surface area contributed by atoms with E-state index in [2.05, 4.69) is 7.85 Å². The molecule has 0 bridgehead atoms. The van der Waals surface area contributed by atoms with Gasteiger partial charge in [-0.2, -0.15) is 0 Å². The van der Waals surface area contributed by atoms with Crippen molar-refractivity contribution < 1.29 is 56.2 Å². The van der Waals surface area contributed by atoms with E-state index >= 15 is 0 Å². The molecule has 1 nitrogen and oxygen atoms in total. The summed E-state index contributed by atoms with van der Waals surface area (Å²) in [7, 11) is 4.04. The van der Waals surface area contributed by atoms with Gasteiger partial charge in [0.05, 0.1) is 0 Å². The molecule has 0 saturated carbocycles. The Balaban J connectivity index is 0. The Morgan fingerprint density at radius 2 is 1.75 bits per heavy atom. The Kier molecular flexibility index (Phi) is 19.9. The third-order valence-electron chi connectivity index (χ3n) is 0. The second kappa shape index (κ2) is 8.84. The summed E-state index contributed by atoms with van der Waals surface area (Å²) in [4.78, 5) is 8.46. The minimum Gasteiger partial charge on any atom is -0.549 e. The monoisotopic (exact) mass is 78.0 g/mol. The average molecular weight is 77.9 g/mol. The largest absolute Gasteiger partial charge is 1.00 e. The normalized spacial score (nSPS) is 3.00. The first-order chi connectivity index (χ1) is 1.41. The molecule has 0 heterocycles. The van der Waals surface area contributed by atoms with Crippen LogP contribution in [0.4, 0.5) is 0 Å². The van der Waals surface area contributed by atoms with Crippen LogP contribution in [0.2, 0.25) is 0 Å². The summed E-state index contributed by atoms with van der Waals surface area (Å²) in [6, 6.07) is 0. The summed E-state index contributed by atoms with van der Waals surface area (Å²) in [6.07, 6.45) is 1.00. The van der Waals surface area contributed by atoms with Crippen LogP contribution in [0.25, 0.3) is 0 Å². The van der Waals surface area contributed by atoms with Crippen LogP contribution in [-0.2, 0) is 4.79 Å². The zero-order valence-corrected chi connectivity index (χ0v) is 5.61. The van der Waals surface area contributed by atoms with E-state index in [1.807, 2.05) is 0 Å². The molecule has 0 aromatic carbocycles. The fourth-order valence-corrected chi connectivity index (χ4v) is 0. The molecule has 4 heavy (non-hydrogen) atoms. The molecule has 0 saturated heterocycles. The fourth-order valence-electron chi connectivity index (χ4n) is 0. The Morgan fingerprint density at radius 3 is 1.75 bits per heavy atom. The third-order valence-corrected chi connectivity index (χ3v) is 0. The van der Waals surface area contributed by atoms with E-state index in [4.69, 9.17) is 4.79 Å².